The molecule has 9 heteroatoms. The smallest absolute Gasteiger partial charge is 0.258 e. The number of nitrogens with one attached hydrogen (secondary N) is 1. The third-order valence-corrected chi connectivity index (χ3v) is 6.54. The molecule has 1 N–H and O–H groups in total. The van der Waals surface area contributed by atoms with E-state index in [0.29, 0.717) is 16.8 Å². The average molecular weight is 478 g/mol. The molecule has 0 aliphatic heterocycles. The van der Waals surface area contributed by atoms with Crippen molar-refractivity contribution >= 4 is 26.5 Å². The van der Waals surface area contributed by atoms with Crippen molar-refractivity contribution in [1.82, 2.24) is 14.9 Å². The van der Waals surface area contributed by atoms with Crippen molar-refractivity contribution < 1.29 is 17.9 Å². The molecular weight excluding hydrogens is 454 g/mol. The lowest BCUT2D eigenvalue weighted by Gasteiger charge is -2.10. The molecule has 0 unspecified atom stereocenters. The van der Waals surface area contributed by atoms with Crippen LogP contribution in [0.1, 0.15) is 21.5 Å². The van der Waals surface area contributed by atoms with Gasteiger partial charge in [-0.05, 0) is 52.9 Å². The van der Waals surface area contributed by atoms with Crippen molar-refractivity contribution in [3.63, 3.8) is 0 Å². The number of carbonyl (C=O) groups is 1. The Labute approximate surface area is 196 Å². The van der Waals surface area contributed by atoms with Crippen molar-refractivity contribution in [1.29, 1.82) is 0 Å². The Kier molecular flexibility index (Phi) is 6.47. The van der Waals surface area contributed by atoms with Crippen molar-refractivity contribution in [2.24, 2.45) is 0 Å². The van der Waals surface area contributed by atoms with Crippen LogP contribution in [-0.4, -0.2) is 37.2 Å². The van der Waals surface area contributed by atoms with Crippen LogP contribution in [0.5, 0.6) is 5.88 Å². The molecule has 4 rings (SSSR count). The third kappa shape index (κ3) is 5.15. The summed E-state index contributed by atoms with van der Waals surface area (Å²) >= 11 is 0. The SMILES string of the molecule is COc1cc(CNC(=O)c2ccc3ccn(Cc4ccc(S(C)(=O)=O)cc4)c(=O)c3c2)ccn1. The summed E-state index contributed by atoms with van der Waals surface area (Å²) in [6.07, 6.45) is 4.44. The number of pyridine rings is 2. The lowest BCUT2D eigenvalue weighted by molar-refractivity contribution is 0.0951. The fourth-order valence-corrected chi connectivity index (χ4v) is 4.17. The number of hydrogen-bond acceptors (Lipinski definition) is 6. The van der Waals surface area contributed by atoms with Crippen LogP contribution in [0.15, 0.2) is 82.7 Å². The largest absolute Gasteiger partial charge is 0.481 e. The summed E-state index contributed by atoms with van der Waals surface area (Å²) in [4.78, 5) is 30.1. The van der Waals surface area contributed by atoms with Crippen LogP contribution in [0.3, 0.4) is 0 Å². The number of aromatic nitrogens is 2. The molecular formula is C25H23N3O5S. The maximum Gasteiger partial charge on any atom is 0.258 e. The minimum atomic E-state index is -3.28. The van der Waals surface area contributed by atoms with E-state index in [-0.39, 0.29) is 29.5 Å². The average Bonchev–Trinajstić information content (AvgIpc) is 2.84. The van der Waals surface area contributed by atoms with Gasteiger partial charge in [0.2, 0.25) is 5.88 Å². The summed E-state index contributed by atoms with van der Waals surface area (Å²) in [5.74, 6) is 0.160. The Morgan fingerprint density at radius 3 is 2.50 bits per heavy atom. The topological polar surface area (TPSA) is 107 Å². The van der Waals surface area contributed by atoms with Gasteiger partial charge >= 0.3 is 0 Å². The summed E-state index contributed by atoms with van der Waals surface area (Å²) in [5, 5.41) is 3.99. The van der Waals surface area contributed by atoms with Gasteiger partial charge in [0.15, 0.2) is 9.84 Å². The fraction of sp³-hybridized carbons (Fsp3) is 0.160. The molecule has 0 fully saturated rings. The Balaban J connectivity index is 1.55. The second-order valence-corrected chi connectivity index (χ2v) is 9.87. The van der Waals surface area contributed by atoms with Crippen LogP contribution in [0.2, 0.25) is 0 Å². The predicted octanol–water partition coefficient (Wildman–Crippen LogP) is 2.79. The zero-order valence-corrected chi connectivity index (χ0v) is 19.5. The van der Waals surface area contributed by atoms with Gasteiger partial charge in [-0.2, -0.15) is 0 Å². The lowest BCUT2D eigenvalue weighted by Crippen LogP contribution is -2.24. The van der Waals surface area contributed by atoms with Crippen LogP contribution in [-0.2, 0) is 22.9 Å². The van der Waals surface area contributed by atoms with Crippen LogP contribution in [0.25, 0.3) is 10.8 Å². The van der Waals surface area contributed by atoms with Crippen molar-refractivity contribution in [3.8, 4) is 5.88 Å². The molecule has 0 atom stereocenters. The van der Waals surface area contributed by atoms with Gasteiger partial charge in [-0.3, -0.25) is 9.59 Å². The highest BCUT2D eigenvalue weighted by molar-refractivity contribution is 7.90. The molecule has 34 heavy (non-hydrogen) atoms. The number of sulfone groups is 1. The quantitative estimate of drug-likeness (QED) is 0.439. The first-order valence-corrected chi connectivity index (χ1v) is 12.3. The van der Waals surface area contributed by atoms with Crippen molar-refractivity contribution in [3.05, 3.63) is 100 Å². The molecule has 2 heterocycles. The second-order valence-electron chi connectivity index (χ2n) is 7.86. The number of amides is 1. The number of nitrogens with zero attached hydrogens (tertiary/aromatic N) is 2. The number of fused-ring (bicyclic) bond motifs is 1. The molecule has 174 valence electrons. The van der Waals surface area contributed by atoms with Gasteiger partial charge < -0.3 is 14.6 Å². The van der Waals surface area contributed by atoms with Gasteiger partial charge in [0.1, 0.15) is 0 Å². The van der Waals surface area contributed by atoms with E-state index in [4.69, 9.17) is 4.74 Å². The number of hydrogen-bond donors (Lipinski definition) is 1. The molecule has 0 bridgehead atoms. The van der Waals surface area contributed by atoms with Gasteiger partial charge in [-0.15, -0.1) is 0 Å². The number of benzene rings is 2. The molecule has 2 aromatic heterocycles. The number of methoxy groups -OCH3 is 1. The Hall–Kier alpha value is -3.98. The van der Waals surface area contributed by atoms with E-state index in [0.717, 1.165) is 22.8 Å². The molecule has 0 saturated carbocycles. The monoisotopic (exact) mass is 477 g/mol. The van der Waals surface area contributed by atoms with Gasteiger partial charge in [-0.1, -0.05) is 18.2 Å². The second kappa shape index (κ2) is 9.48. The standard InChI is InChI=1S/C25H23N3O5S/c1-33-23-13-18(9-11-26-23)15-27-24(29)20-6-5-19-10-12-28(25(30)22(19)14-20)16-17-3-7-21(8-4-17)34(2,31)32/h3-14H,15-16H2,1-2H3,(H,27,29). The molecule has 0 aliphatic rings. The van der Waals surface area contributed by atoms with Crippen LogP contribution >= 0.6 is 0 Å². The zero-order chi connectivity index (χ0) is 24.3. The molecule has 0 spiro atoms. The van der Waals surface area contributed by atoms with E-state index < -0.39 is 9.84 Å². The van der Waals surface area contributed by atoms with Gasteiger partial charge in [0.25, 0.3) is 11.5 Å². The summed E-state index contributed by atoms with van der Waals surface area (Å²) < 4.78 is 29.9. The normalized spacial score (nSPS) is 11.4. The third-order valence-electron chi connectivity index (χ3n) is 5.41. The molecule has 2 aromatic carbocycles. The summed E-state index contributed by atoms with van der Waals surface area (Å²) in [7, 11) is -1.76. The number of ether oxygens (including phenoxy) is 1. The van der Waals surface area contributed by atoms with Gasteiger partial charge in [-0.25, -0.2) is 13.4 Å². The van der Waals surface area contributed by atoms with Crippen LogP contribution in [0.4, 0.5) is 0 Å². The molecule has 0 aliphatic carbocycles. The highest BCUT2D eigenvalue weighted by Crippen LogP contribution is 2.15. The number of rotatable bonds is 7. The van der Waals surface area contributed by atoms with Gasteiger partial charge in [0, 0.05) is 42.2 Å². The van der Waals surface area contributed by atoms with Crippen LogP contribution < -0.4 is 15.6 Å². The van der Waals surface area contributed by atoms with Crippen LogP contribution in [0, 0.1) is 0 Å². The minimum absolute atomic E-state index is 0.225. The minimum Gasteiger partial charge on any atom is -0.481 e. The molecule has 0 saturated heterocycles. The highest BCUT2D eigenvalue weighted by atomic mass is 32.2. The molecule has 0 radical (unpaired) electrons. The Bertz CT molecular complexity index is 1530. The Morgan fingerprint density at radius 2 is 1.79 bits per heavy atom. The number of carbonyl (C=O) groups excluding carboxylic acids is 1. The van der Waals surface area contributed by atoms with E-state index in [9.17, 15) is 18.0 Å². The summed E-state index contributed by atoms with van der Waals surface area (Å²) in [6.45, 7) is 0.567. The van der Waals surface area contributed by atoms with Crippen molar-refractivity contribution in [2.75, 3.05) is 13.4 Å². The highest BCUT2D eigenvalue weighted by Gasteiger charge is 2.11. The van der Waals surface area contributed by atoms with E-state index in [1.165, 1.54) is 23.8 Å². The first kappa shape index (κ1) is 23.2. The van der Waals surface area contributed by atoms with Gasteiger partial charge in [0.05, 0.1) is 18.6 Å². The van der Waals surface area contributed by atoms with E-state index in [1.54, 1.807) is 54.9 Å². The molecule has 1 amide bonds. The van der Waals surface area contributed by atoms with E-state index in [2.05, 4.69) is 10.3 Å². The molecule has 8 nitrogen and oxygen atoms in total. The molecule has 4 aromatic rings. The van der Waals surface area contributed by atoms with Crippen molar-refractivity contribution in [2.45, 2.75) is 18.0 Å². The fourth-order valence-electron chi connectivity index (χ4n) is 3.54. The maximum atomic E-state index is 13.1. The van der Waals surface area contributed by atoms with E-state index in [1.807, 2.05) is 6.07 Å². The zero-order valence-electron chi connectivity index (χ0n) is 18.7. The summed E-state index contributed by atoms with van der Waals surface area (Å²) in [6, 6.07) is 16.8. The Morgan fingerprint density at radius 1 is 1.03 bits per heavy atom. The predicted molar refractivity (Wildman–Crippen MR) is 129 cm³/mol. The van der Waals surface area contributed by atoms with E-state index >= 15 is 0 Å². The maximum absolute atomic E-state index is 13.1. The first-order valence-electron chi connectivity index (χ1n) is 10.4. The summed E-state index contributed by atoms with van der Waals surface area (Å²) in [5.41, 5.74) is 1.76. The first-order chi connectivity index (χ1) is 16.2. The lowest BCUT2D eigenvalue weighted by atomic mass is 10.1.